The number of nitrogens with zero attached hydrogens (tertiary/aromatic N) is 2. The summed E-state index contributed by atoms with van der Waals surface area (Å²) >= 11 is 8.56. The van der Waals surface area contributed by atoms with Crippen LogP contribution in [0.15, 0.2) is 42.5 Å². The number of methoxy groups -OCH3 is 1. The predicted molar refractivity (Wildman–Crippen MR) is 161 cm³/mol. The molecular weight excluding hydrogens is 719 g/mol. The van der Waals surface area contributed by atoms with E-state index in [1.807, 2.05) is 0 Å². The second kappa shape index (κ2) is 17.7. The summed E-state index contributed by atoms with van der Waals surface area (Å²) in [7, 11) is 1.61. The molecule has 2 N–H and O–H groups in total. The smallest absolute Gasteiger partial charge is 0.234 e. The molecule has 8 nitrogen and oxygen atoms in total. The number of hydrogen-bond donors (Lipinski definition) is 4. The van der Waals surface area contributed by atoms with Crippen LogP contribution in [0.1, 0.15) is 37.2 Å². The van der Waals surface area contributed by atoms with Gasteiger partial charge in [0.2, 0.25) is 11.8 Å². The van der Waals surface area contributed by atoms with E-state index in [2.05, 4.69) is 88.2 Å². The standard InChI is InChI=1S/C29H42N4O3S2.O.Re/c1-36-20-31-29(35)28-25(23-8-7-21-5-2-3-6-22(21)17-23)18-24-9-10-26(28)33(24)13-4-12-32(14-16-38)19-27(34)30-11-15-37;;/h2-3,5-8,17,24-26,28,37-38H,4,9-16,18-20H2,1H3,(H,30,34)(H,31,35);;/q;-2;/t24?,25-,26-,28+;;/m1../s1. The fourth-order valence-corrected chi connectivity index (χ4v) is 6.80. The van der Waals surface area contributed by atoms with E-state index < -0.39 is 0 Å². The number of amides is 2. The molecule has 0 spiro atoms. The van der Waals surface area contributed by atoms with Crippen LogP contribution in [0.3, 0.4) is 0 Å². The molecule has 0 saturated carbocycles. The zero-order valence-electron chi connectivity index (χ0n) is 23.1. The van der Waals surface area contributed by atoms with Crippen molar-refractivity contribution in [3.8, 4) is 0 Å². The largest absolute Gasteiger partial charge is 2.00 e. The molecule has 0 aliphatic carbocycles. The van der Waals surface area contributed by atoms with Crippen LogP contribution < -0.4 is 10.6 Å². The number of ether oxygens (including phenoxy) is 1. The first kappa shape index (κ1) is 35.0. The second-order valence-corrected chi connectivity index (χ2v) is 11.3. The number of hydrogen-bond acceptors (Lipinski definition) is 7. The van der Waals surface area contributed by atoms with Gasteiger partial charge in [-0.15, -0.1) is 0 Å². The van der Waals surface area contributed by atoms with Gasteiger partial charge < -0.3 is 20.8 Å². The molecule has 2 heterocycles. The Morgan fingerprint density at radius 3 is 2.55 bits per heavy atom. The van der Waals surface area contributed by atoms with E-state index in [9.17, 15) is 9.59 Å². The van der Waals surface area contributed by atoms with Crippen molar-refractivity contribution in [1.29, 1.82) is 0 Å². The van der Waals surface area contributed by atoms with E-state index in [0.717, 1.165) is 45.3 Å². The Morgan fingerprint density at radius 1 is 1.05 bits per heavy atom. The van der Waals surface area contributed by atoms with Crippen LogP contribution in [-0.4, -0.2) is 91.8 Å². The van der Waals surface area contributed by atoms with E-state index in [4.69, 9.17) is 4.74 Å². The van der Waals surface area contributed by atoms with Crippen LogP contribution in [0.4, 0.5) is 0 Å². The van der Waals surface area contributed by atoms with Gasteiger partial charge in [0.25, 0.3) is 0 Å². The molecule has 2 aromatic carbocycles. The van der Waals surface area contributed by atoms with E-state index in [-0.39, 0.29) is 62.3 Å². The summed E-state index contributed by atoms with van der Waals surface area (Å²) in [6.45, 7) is 3.72. The molecule has 0 aromatic heterocycles. The van der Waals surface area contributed by atoms with Gasteiger partial charge in [-0.25, -0.2) is 0 Å². The van der Waals surface area contributed by atoms with Crippen molar-refractivity contribution in [2.24, 2.45) is 5.92 Å². The van der Waals surface area contributed by atoms with Crippen molar-refractivity contribution in [2.45, 2.75) is 43.7 Å². The van der Waals surface area contributed by atoms with Crippen LogP contribution in [-0.2, 0) is 40.2 Å². The molecule has 2 aliphatic heterocycles. The molecule has 2 bridgehead atoms. The summed E-state index contributed by atoms with van der Waals surface area (Å²) in [6.07, 6.45) is 4.08. The number of benzene rings is 2. The van der Waals surface area contributed by atoms with Crippen molar-refractivity contribution < 1.29 is 40.2 Å². The van der Waals surface area contributed by atoms with Gasteiger partial charge in [-0.1, -0.05) is 42.5 Å². The monoisotopic (exact) mass is 761 g/mol. The van der Waals surface area contributed by atoms with Gasteiger partial charge in [-0.05, 0) is 61.0 Å². The fourth-order valence-electron chi connectivity index (χ4n) is 6.40. The first-order valence-electron chi connectivity index (χ1n) is 13.8. The van der Waals surface area contributed by atoms with Gasteiger partial charge in [0.15, 0.2) is 0 Å². The van der Waals surface area contributed by atoms with Gasteiger partial charge in [0.1, 0.15) is 6.73 Å². The minimum atomic E-state index is -0.120. The maximum Gasteiger partial charge on any atom is 0.234 e. The Balaban J connectivity index is 0.00000280. The Labute approximate surface area is 263 Å². The van der Waals surface area contributed by atoms with Crippen LogP contribution in [0.25, 0.3) is 10.8 Å². The van der Waals surface area contributed by atoms with Gasteiger partial charge in [-0.2, -0.15) is 25.3 Å². The molecule has 11 heteroatoms. The molecule has 2 fully saturated rings. The molecule has 2 saturated heterocycles. The number of rotatable bonds is 14. The third-order valence-corrected chi connectivity index (χ3v) is 8.49. The number of carbonyl (C=O) groups excluding carboxylic acids is 2. The molecule has 2 amide bonds. The summed E-state index contributed by atoms with van der Waals surface area (Å²) in [5, 5.41) is 8.37. The molecule has 40 heavy (non-hydrogen) atoms. The number of carbonyl (C=O) groups is 2. The Kier molecular flexibility index (Phi) is 15.5. The average molecular weight is 761 g/mol. The Hall–Kier alpha value is -1.16. The SMILES string of the molecule is COCNC(=O)[C@H]1[C@@H](c2ccc3ccccc3c2)CC2CC[C@H]1N2CCCN(CCS)CC(=O)NCCS.[O-2].[Re]. The third kappa shape index (κ3) is 8.92. The zero-order chi connectivity index (χ0) is 26.9. The molecule has 2 aromatic rings. The molecule has 223 valence electrons. The van der Waals surface area contributed by atoms with Crippen molar-refractivity contribution in [3.63, 3.8) is 0 Å². The maximum atomic E-state index is 13.5. The quantitative estimate of drug-likeness (QED) is 0.175. The van der Waals surface area contributed by atoms with Crippen LogP contribution in [0.2, 0.25) is 0 Å². The maximum absolute atomic E-state index is 13.5. The normalized spacial score (nSPS) is 22.0. The van der Waals surface area contributed by atoms with Gasteiger partial charge in [0.05, 0.1) is 12.5 Å². The predicted octanol–water partition coefficient (Wildman–Crippen LogP) is 3.04. The van der Waals surface area contributed by atoms with Crippen molar-refractivity contribution in [2.75, 3.05) is 58.1 Å². The summed E-state index contributed by atoms with van der Waals surface area (Å²) in [6, 6.07) is 15.8. The Bertz CT molecular complexity index is 1080. The molecule has 4 atom stereocenters. The Morgan fingerprint density at radius 2 is 1.82 bits per heavy atom. The van der Waals surface area contributed by atoms with Crippen LogP contribution in [0.5, 0.6) is 0 Å². The van der Waals surface area contributed by atoms with Gasteiger partial charge in [-0.3, -0.25) is 19.4 Å². The molecule has 1 unspecified atom stereocenters. The number of thiol groups is 2. The molecule has 4 rings (SSSR count). The van der Waals surface area contributed by atoms with E-state index in [0.29, 0.717) is 30.6 Å². The zero-order valence-corrected chi connectivity index (χ0v) is 27.6. The van der Waals surface area contributed by atoms with Crippen LogP contribution in [0, 0.1) is 5.92 Å². The summed E-state index contributed by atoms with van der Waals surface area (Å²) < 4.78 is 5.18. The van der Waals surface area contributed by atoms with Gasteiger partial charge in [0, 0.05) is 64.2 Å². The fraction of sp³-hybridized carbons (Fsp3) is 0.586. The average Bonchev–Trinajstić information content (AvgIpc) is 3.20. The minimum Gasteiger partial charge on any atom is -2.00 e. The first-order chi connectivity index (χ1) is 18.5. The minimum absolute atomic E-state index is 0. The van der Waals surface area contributed by atoms with Crippen molar-refractivity contribution in [1.82, 2.24) is 20.4 Å². The molecule has 1 radical (unpaired) electrons. The summed E-state index contributed by atoms with van der Waals surface area (Å²) in [5.74, 6) is 1.52. The van der Waals surface area contributed by atoms with Crippen molar-refractivity contribution in [3.05, 3.63) is 48.0 Å². The molecular formula is C29H42N4O4ReS2-2. The topological polar surface area (TPSA) is 102 Å². The number of piperidine rings is 1. The van der Waals surface area contributed by atoms with Crippen LogP contribution >= 0.6 is 25.3 Å². The molecule has 2 aliphatic rings. The third-order valence-electron chi connectivity index (χ3n) is 8.07. The first-order valence-corrected chi connectivity index (χ1v) is 15.0. The van der Waals surface area contributed by atoms with E-state index in [1.165, 1.54) is 16.3 Å². The number of fused-ring (bicyclic) bond motifs is 3. The van der Waals surface area contributed by atoms with Gasteiger partial charge >= 0.3 is 0 Å². The van der Waals surface area contributed by atoms with Crippen molar-refractivity contribution >= 4 is 47.8 Å². The summed E-state index contributed by atoms with van der Waals surface area (Å²) in [4.78, 5) is 30.5. The van der Waals surface area contributed by atoms with E-state index in [1.54, 1.807) is 7.11 Å². The second-order valence-electron chi connectivity index (χ2n) is 10.4. The number of nitrogens with one attached hydrogen (secondary N) is 2. The van der Waals surface area contributed by atoms with E-state index >= 15 is 0 Å². The summed E-state index contributed by atoms with van der Waals surface area (Å²) in [5.41, 5.74) is 1.25.